The highest BCUT2D eigenvalue weighted by atomic mass is 16.5. The molecule has 0 aliphatic carbocycles. The van der Waals surface area contributed by atoms with Crippen LogP contribution in [-0.2, 0) is 0 Å². The summed E-state index contributed by atoms with van der Waals surface area (Å²) in [5.74, 6) is 2.28. The molecule has 0 bridgehead atoms. The minimum atomic E-state index is 0.502. The lowest BCUT2D eigenvalue weighted by atomic mass is 9.97. The highest BCUT2D eigenvalue weighted by Gasteiger charge is 2.14. The molecule has 1 aromatic rings. The van der Waals surface area contributed by atoms with Crippen LogP contribution in [0.1, 0.15) is 45.6 Å². The second kappa shape index (κ2) is 6.41. The second-order valence-corrected chi connectivity index (χ2v) is 3.85. The van der Waals surface area contributed by atoms with Crippen LogP contribution in [0.5, 0.6) is 11.5 Å². The molecule has 0 aliphatic heterocycles. The molecule has 2 heteroatoms. The van der Waals surface area contributed by atoms with Crippen molar-refractivity contribution < 1.29 is 9.47 Å². The first-order valence-corrected chi connectivity index (χ1v) is 6.13. The molecule has 0 N–H and O–H groups in total. The van der Waals surface area contributed by atoms with Crippen LogP contribution in [-0.4, -0.2) is 13.2 Å². The Hall–Kier alpha value is -1.18. The summed E-state index contributed by atoms with van der Waals surface area (Å²) in [5.41, 5.74) is 1.25. The molecule has 16 heavy (non-hydrogen) atoms. The maximum atomic E-state index is 5.72. The van der Waals surface area contributed by atoms with E-state index in [4.69, 9.17) is 9.47 Å². The van der Waals surface area contributed by atoms with E-state index in [0.29, 0.717) is 19.1 Å². The zero-order chi connectivity index (χ0) is 12.0. The van der Waals surface area contributed by atoms with E-state index in [2.05, 4.69) is 19.9 Å². The van der Waals surface area contributed by atoms with E-state index >= 15 is 0 Å². The SMILES string of the molecule is CCOc1cccc(C(C)CC)c1OCC. The van der Waals surface area contributed by atoms with Gasteiger partial charge in [-0.1, -0.05) is 26.0 Å². The van der Waals surface area contributed by atoms with Gasteiger partial charge in [0, 0.05) is 5.56 Å². The fraction of sp³-hybridized carbons (Fsp3) is 0.571. The quantitative estimate of drug-likeness (QED) is 0.724. The van der Waals surface area contributed by atoms with Crippen molar-refractivity contribution in [3.05, 3.63) is 23.8 Å². The van der Waals surface area contributed by atoms with E-state index in [0.717, 1.165) is 17.9 Å². The minimum absolute atomic E-state index is 0.502. The molecular weight excluding hydrogens is 200 g/mol. The minimum Gasteiger partial charge on any atom is -0.490 e. The summed E-state index contributed by atoms with van der Waals surface area (Å²) in [6.45, 7) is 9.74. The van der Waals surface area contributed by atoms with Crippen LogP contribution >= 0.6 is 0 Å². The Kier molecular flexibility index (Phi) is 5.17. The lowest BCUT2D eigenvalue weighted by molar-refractivity contribution is 0.284. The van der Waals surface area contributed by atoms with Crippen molar-refractivity contribution in [2.75, 3.05) is 13.2 Å². The molecule has 0 spiro atoms. The molecule has 1 unspecified atom stereocenters. The van der Waals surface area contributed by atoms with Gasteiger partial charge in [0.2, 0.25) is 0 Å². The zero-order valence-corrected chi connectivity index (χ0v) is 10.7. The first-order chi connectivity index (χ1) is 7.74. The first-order valence-electron chi connectivity index (χ1n) is 6.13. The maximum absolute atomic E-state index is 5.72. The van der Waals surface area contributed by atoms with Gasteiger partial charge < -0.3 is 9.47 Å². The van der Waals surface area contributed by atoms with Crippen molar-refractivity contribution in [2.45, 2.75) is 40.0 Å². The summed E-state index contributed by atoms with van der Waals surface area (Å²) < 4.78 is 11.3. The second-order valence-electron chi connectivity index (χ2n) is 3.85. The van der Waals surface area contributed by atoms with Crippen molar-refractivity contribution in [2.24, 2.45) is 0 Å². The zero-order valence-electron chi connectivity index (χ0n) is 10.7. The van der Waals surface area contributed by atoms with Crippen LogP contribution in [0, 0.1) is 0 Å². The number of rotatable bonds is 6. The van der Waals surface area contributed by atoms with Gasteiger partial charge in [0.05, 0.1) is 13.2 Å². The van der Waals surface area contributed by atoms with Crippen LogP contribution in [0.3, 0.4) is 0 Å². The smallest absolute Gasteiger partial charge is 0.164 e. The summed E-state index contributed by atoms with van der Waals surface area (Å²) in [5, 5.41) is 0. The Morgan fingerprint density at radius 1 is 1.06 bits per heavy atom. The average Bonchev–Trinajstić information content (AvgIpc) is 2.31. The monoisotopic (exact) mass is 222 g/mol. The number of para-hydroxylation sites is 1. The third-order valence-corrected chi connectivity index (χ3v) is 2.74. The van der Waals surface area contributed by atoms with Gasteiger partial charge in [-0.15, -0.1) is 0 Å². The number of hydrogen-bond acceptors (Lipinski definition) is 2. The number of benzene rings is 1. The van der Waals surface area contributed by atoms with Crippen LogP contribution in [0.2, 0.25) is 0 Å². The molecule has 2 nitrogen and oxygen atoms in total. The van der Waals surface area contributed by atoms with Gasteiger partial charge in [-0.3, -0.25) is 0 Å². The molecule has 0 heterocycles. The summed E-state index contributed by atoms with van der Waals surface area (Å²) in [7, 11) is 0. The third kappa shape index (κ3) is 2.91. The highest BCUT2D eigenvalue weighted by Crippen LogP contribution is 2.36. The van der Waals surface area contributed by atoms with Crippen LogP contribution < -0.4 is 9.47 Å². The molecule has 0 aliphatic rings. The molecule has 90 valence electrons. The predicted octanol–water partition coefficient (Wildman–Crippen LogP) is 4.00. The van der Waals surface area contributed by atoms with Crippen molar-refractivity contribution in [1.82, 2.24) is 0 Å². The van der Waals surface area contributed by atoms with E-state index in [1.807, 2.05) is 26.0 Å². The van der Waals surface area contributed by atoms with Crippen LogP contribution in [0.15, 0.2) is 18.2 Å². The van der Waals surface area contributed by atoms with E-state index in [-0.39, 0.29) is 0 Å². The van der Waals surface area contributed by atoms with Crippen molar-refractivity contribution in [3.8, 4) is 11.5 Å². The fourth-order valence-corrected chi connectivity index (χ4v) is 1.71. The lowest BCUT2D eigenvalue weighted by Crippen LogP contribution is -2.03. The average molecular weight is 222 g/mol. The third-order valence-electron chi connectivity index (χ3n) is 2.74. The van der Waals surface area contributed by atoms with Gasteiger partial charge in [-0.05, 0) is 32.3 Å². The summed E-state index contributed by atoms with van der Waals surface area (Å²) in [6.07, 6.45) is 1.11. The van der Waals surface area contributed by atoms with E-state index in [9.17, 15) is 0 Å². The van der Waals surface area contributed by atoms with Crippen molar-refractivity contribution in [3.63, 3.8) is 0 Å². The Morgan fingerprint density at radius 2 is 1.75 bits per heavy atom. The molecule has 0 saturated heterocycles. The Morgan fingerprint density at radius 3 is 2.31 bits per heavy atom. The first kappa shape index (κ1) is 12.9. The fourth-order valence-electron chi connectivity index (χ4n) is 1.71. The molecule has 1 aromatic carbocycles. The molecule has 0 aromatic heterocycles. The molecule has 0 radical (unpaired) electrons. The Bertz CT molecular complexity index is 321. The Balaban J connectivity index is 3.09. The molecule has 1 rings (SSSR count). The summed E-state index contributed by atoms with van der Waals surface area (Å²) in [4.78, 5) is 0. The van der Waals surface area contributed by atoms with Gasteiger partial charge >= 0.3 is 0 Å². The van der Waals surface area contributed by atoms with E-state index in [1.54, 1.807) is 0 Å². The number of ether oxygens (including phenoxy) is 2. The van der Waals surface area contributed by atoms with Crippen molar-refractivity contribution in [1.29, 1.82) is 0 Å². The summed E-state index contributed by atoms with van der Waals surface area (Å²) in [6, 6.07) is 6.14. The van der Waals surface area contributed by atoms with Gasteiger partial charge in [0.15, 0.2) is 11.5 Å². The van der Waals surface area contributed by atoms with Gasteiger partial charge in [-0.25, -0.2) is 0 Å². The maximum Gasteiger partial charge on any atom is 0.164 e. The topological polar surface area (TPSA) is 18.5 Å². The van der Waals surface area contributed by atoms with E-state index < -0.39 is 0 Å². The molecule has 0 saturated carbocycles. The number of hydrogen-bond donors (Lipinski definition) is 0. The highest BCUT2D eigenvalue weighted by molar-refractivity contribution is 5.48. The largest absolute Gasteiger partial charge is 0.490 e. The lowest BCUT2D eigenvalue weighted by Gasteiger charge is -2.18. The van der Waals surface area contributed by atoms with Crippen LogP contribution in [0.25, 0.3) is 0 Å². The molecule has 0 fully saturated rings. The molecular formula is C14H22O2. The van der Waals surface area contributed by atoms with Gasteiger partial charge in [-0.2, -0.15) is 0 Å². The van der Waals surface area contributed by atoms with Gasteiger partial charge in [0.1, 0.15) is 0 Å². The predicted molar refractivity (Wildman–Crippen MR) is 67.5 cm³/mol. The Labute approximate surface area is 98.6 Å². The summed E-state index contributed by atoms with van der Waals surface area (Å²) >= 11 is 0. The molecule has 0 amide bonds. The van der Waals surface area contributed by atoms with Crippen molar-refractivity contribution >= 4 is 0 Å². The normalized spacial score (nSPS) is 12.2. The van der Waals surface area contributed by atoms with Gasteiger partial charge in [0.25, 0.3) is 0 Å². The molecule has 1 atom stereocenters. The van der Waals surface area contributed by atoms with Crippen LogP contribution in [0.4, 0.5) is 0 Å². The van der Waals surface area contributed by atoms with E-state index in [1.165, 1.54) is 5.56 Å². The standard InChI is InChI=1S/C14H22O2/c1-5-11(4)12-9-8-10-13(15-6-2)14(12)16-7-3/h8-11H,5-7H2,1-4H3.